The molecule has 0 unspecified atom stereocenters. The minimum Gasteiger partial charge on any atom is -0.490 e. The zero-order valence-corrected chi connectivity index (χ0v) is 18.6. The van der Waals surface area contributed by atoms with Crippen molar-refractivity contribution in [1.29, 1.82) is 0 Å². The summed E-state index contributed by atoms with van der Waals surface area (Å²) in [4.78, 5) is 15.1. The van der Waals surface area contributed by atoms with Gasteiger partial charge in [0.25, 0.3) is 0 Å². The van der Waals surface area contributed by atoms with Gasteiger partial charge in [0.2, 0.25) is 0 Å². The average molecular weight is 446 g/mol. The summed E-state index contributed by atoms with van der Waals surface area (Å²) in [6, 6.07) is 15.2. The smallest absolute Gasteiger partial charge is 0.168 e. The Bertz CT molecular complexity index is 1220. The molecule has 1 saturated heterocycles. The van der Waals surface area contributed by atoms with Gasteiger partial charge in [-0.3, -0.25) is 4.79 Å². The van der Waals surface area contributed by atoms with Crippen LogP contribution in [0.2, 0.25) is 0 Å². The molecule has 1 aliphatic heterocycles. The van der Waals surface area contributed by atoms with E-state index in [1.165, 1.54) is 11.3 Å². The monoisotopic (exact) mass is 445 g/mol. The highest BCUT2D eigenvalue weighted by Crippen LogP contribution is 2.25. The third-order valence-corrected chi connectivity index (χ3v) is 6.47. The van der Waals surface area contributed by atoms with Crippen LogP contribution in [-0.4, -0.2) is 57.3 Å². The molecule has 0 bridgehead atoms. The van der Waals surface area contributed by atoms with E-state index in [0.717, 1.165) is 53.2 Å². The quantitative estimate of drug-likeness (QED) is 0.414. The number of carbonyl (C=O) groups is 1. The molecule has 2 aromatic heterocycles. The lowest BCUT2D eigenvalue weighted by molar-refractivity contribution is 0.0991. The zero-order chi connectivity index (χ0) is 21.9. The Hall–Kier alpha value is -3.23. The van der Waals surface area contributed by atoms with E-state index in [1.54, 1.807) is 5.51 Å². The molecule has 0 radical (unpaired) electrons. The van der Waals surface area contributed by atoms with Gasteiger partial charge in [0.15, 0.2) is 5.78 Å². The van der Waals surface area contributed by atoms with Crippen LogP contribution in [0.25, 0.3) is 21.5 Å². The highest BCUT2D eigenvalue weighted by Gasteiger charge is 2.18. The first-order valence-corrected chi connectivity index (χ1v) is 11.5. The molecule has 5 rings (SSSR count). The first-order chi connectivity index (χ1) is 15.6. The summed E-state index contributed by atoms with van der Waals surface area (Å²) in [5.74, 6) is 0.815. The van der Waals surface area contributed by atoms with E-state index in [9.17, 15) is 4.79 Å². The van der Waals surface area contributed by atoms with Crippen LogP contribution in [0.3, 0.4) is 0 Å². The van der Waals surface area contributed by atoms with Crippen LogP contribution in [0.1, 0.15) is 28.9 Å². The van der Waals surface area contributed by atoms with Gasteiger partial charge < -0.3 is 9.64 Å². The number of ketones is 1. The number of Topliss-reactive ketones (excluding diaryl/α,β-unsaturated/α-hetero) is 1. The molecule has 0 atom stereocenters. The fraction of sp³-hybridized carbons (Fsp3) is 0.292. The molecule has 32 heavy (non-hydrogen) atoms. The molecule has 7 nitrogen and oxygen atoms in total. The van der Waals surface area contributed by atoms with Crippen LogP contribution in [0.4, 0.5) is 0 Å². The summed E-state index contributed by atoms with van der Waals surface area (Å²) < 4.78 is 6.08. The molecule has 8 heteroatoms. The van der Waals surface area contributed by atoms with Crippen LogP contribution in [0.15, 0.2) is 54.0 Å². The van der Waals surface area contributed by atoms with E-state index in [2.05, 4.69) is 32.3 Å². The number of nitrogens with zero attached hydrogens (tertiary/aromatic N) is 5. The van der Waals surface area contributed by atoms with Gasteiger partial charge in [0, 0.05) is 29.6 Å². The van der Waals surface area contributed by atoms with Gasteiger partial charge in [-0.15, -0.1) is 10.2 Å². The molecule has 0 aliphatic carbocycles. The van der Waals surface area contributed by atoms with Gasteiger partial charge in [-0.05, 0) is 68.4 Å². The summed E-state index contributed by atoms with van der Waals surface area (Å²) in [6.07, 6.45) is 2.49. The van der Waals surface area contributed by atoms with Gasteiger partial charge in [-0.1, -0.05) is 11.3 Å². The van der Waals surface area contributed by atoms with E-state index in [1.807, 2.05) is 48.5 Å². The maximum Gasteiger partial charge on any atom is 0.168 e. The molecular weight excluding hydrogens is 422 g/mol. The molecule has 0 N–H and O–H groups in total. The maximum absolute atomic E-state index is 12.8. The molecule has 3 heterocycles. The van der Waals surface area contributed by atoms with Crippen molar-refractivity contribution in [3.8, 4) is 16.3 Å². The lowest BCUT2D eigenvalue weighted by Crippen LogP contribution is -2.35. The molecule has 1 fully saturated rings. The van der Waals surface area contributed by atoms with Gasteiger partial charge in [0.05, 0.1) is 17.6 Å². The Balaban J connectivity index is 1.26. The second kappa shape index (κ2) is 9.10. The Morgan fingerprint density at radius 3 is 2.62 bits per heavy atom. The fourth-order valence-electron chi connectivity index (χ4n) is 3.89. The predicted molar refractivity (Wildman–Crippen MR) is 124 cm³/mol. The van der Waals surface area contributed by atoms with Crippen molar-refractivity contribution in [3.63, 3.8) is 0 Å². The summed E-state index contributed by atoms with van der Waals surface area (Å²) >= 11 is 1.48. The van der Waals surface area contributed by atoms with Gasteiger partial charge in [-0.25, -0.2) is 0 Å². The van der Waals surface area contributed by atoms with Crippen LogP contribution in [-0.2, 0) is 6.42 Å². The van der Waals surface area contributed by atoms with Crippen molar-refractivity contribution in [3.05, 3.63) is 65.3 Å². The van der Waals surface area contributed by atoms with Crippen LogP contribution in [0, 0.1) is 0 Å². The third kappa shape index (κ3) is 4.66. The van der Waals surface area contributed by atoms with Crippen molar-refractivity contribution < 1.29 is 9.53 Å². The molecule has 0 amide bonds. The Morgan fingerprint density at radius 1 is 1.06 bits per heavy atom. The number of fused-ring (bicyclic) bond motifs is 1. The van der Waals surface area contributed by atoms with E-state index in [4.69, 9.17) is 4.74 Å². The highest BCUT2D eigenvalue weighted by atomic mass is 32.1. The van der Waals surface area contributed by atoms with Crippen molar-refractivity contribution in [1.82, 2.24) is 25.3 Å². The Labute approximate surface area is 190 Å². The average Bonchev–Trinajstić information content (AvgIpc) is 3.36. The number of carbonyl (C=O) groups excluding carboxylic acids is 1. The molecule has 1 aliphatic rings. The minimum absolute atomic E-state index is 0.00442. The minimum atomic E-state index is 0.00442. The largest absolute Gasteiger partial charge is 0.490 e. The third-order valence-electron chi connectivity index (χ3n) is 5.73. The van der Waals surface area contributed by atoms with Crippen LogP contribution < -0.4 is 4.74 Å². The van der Waals surface area contributed by atoms with E-state index in [-0.39, 0.29) is 18.3 Å². The molecule has 0 spiro atoms. The summed E-state index contributed by atoms with van der Waals surface area (Å²) in [5.41, 5.74) is 4.75. The predicted octanol–water partition coefficient (Wildman–Crippen LogP) is 4.05. The van der Waals surface area contributed by atoms with Crippen LogP contribution >= 0.6 is 11.3 Å². The van der Waals surface area contributed by atoms with E-state index >= 15 is 0 Å². The SMILES string of the molecule is CN1CCC(Oc2ccc(C(=O)Cc3cc4cc(-c5nncs5)ccc4nn3)cc2)CC1. The number of rotatable bonds is 6. The molecular formula is C24H23N5O2S. The first-order valence-electron chi connectivity index (χ1n) is 10.7. The fourth-order valence-corrected chi connectivity index (χ4v) is 4.44. The van der Waals surface area contributed by atoms with E-state index < -0.39 is 0 Å². The second-order valence-corrected chi connectivity index (χ2v) is 8.93. The second-order valence-electron chi connectivity index (χ2n) is 8.10. The van der Waals surface area contributed by atoms with Crippen molar-refractivity contribution >= 4 is 28.0 Å². The Kier molecular flexibility index (Phi) is 5.87. The lowest BCUT2D eigenvalue weighted by atomic mass is 10.0. The number of ether oxygens (including phenoxy) is 1. The van der Waals surface area contributed by atoms with Gasteiger partial charge >= 0.3 is 0 Å². The highest BCUT2D eigenvalue weighted by molar-refractivity contribution is 7.12. The topological polar surface area (TPSA) is 81.1 Å². The summed E-state index contributed by atoms with van der Waals surface area (Å²) in [7, 11) is 2.13. The van der Waals surface area contributed by atoms with Crippen molar-refractivity contribution in [2.24, 2.45) is 0 Å². The van der Waals surface area contributed by atoms with Gasteiger partial charge in [0.1, 0.15) is 22.4 Å². The molecule has 162 valence electrons. The maximum atomic E-state index is 12.8. The standard InChI is InChI=1S/C24H23N5O2S/c1-29-10-8-21(9-11-29)31-20-5-2-16(3-6-20)23(30)14-19-13-18-12-17(24-28-25-15-32-24)4-7-22(18)27-26-19/h2-7,12-13,15,21H,8-11,14H2,1H3. The number of piperidine rings is 1. The van der Waals surface area contributed by atoms with Gasteiger partial charge in [-0.2, -0.15) is 10.2 Å². The number of aromatic nitrogens is 4. The zero-order valence-electron chi connectivity index (χ0n) is 17.8. The van der Waals surface area contributed by atoms with E-state index in [0.29, 0.717) is 11.3 Å². The number of hydrogen-bond acceptors (Lipinski definition) is 8. The number of hydrogen-bond donors (Lipinski definition) is 0. The number of likely N-dealkylation sites (tertiary alicyclic amines) is 1. The molecule has 2 aromatic carbocycles. The van der Waals surface area contributed by atoms with Crippen molar-refractivity contribution in [2.75, 3.05) is 20.1 Å². The normalized spacial score (nSPS) is 15.2. The molecule has 4 aromatic rings. The first kappa shape index (κ1) is 20.7. The van der Waals surface area contributed by atoms with Crippen LogP contribution in [0.5, 0.6) is 5.75 Å². The van der Waals surface area contributed by atoms with Crippen molar-refractivity contribution in [2.45, 2.75) is 25.4 Å². The Morgan fingerprint density at radius 2 is 1.88 bits per heavy atom. The molecule has 0 saturated carbocycles. The lowest BCUT2D eigenvalue weighted by Gasteiger charge is -2.29. The summed E-state index contributed by atoms with van der Waals surface area (Å²) in [5, 5.41) is 18.3. The number of benzene rings is 2. The summed E-state index contributed by atoms with van der Waals surface area (Å²) in [6.45, 7) is 2.10.